The predicted octanol–water partition coefficient (Wildman–Crippen LogP) is 0.985. The van der Waals surface area contributed by atoms with Crippen molar-refractivity contribution in [3.8, 4) is 0 Å². The van der Waals surface area contributed by atoms with Gasteiger partial charge in [0.2, 0.25) is 11.6 Å². The zero-order chi connectivity index (χ0) is 16.6. The molecule has 0 spiro atoms. The van der Waals surface area contributed by atoms with Gasteiger partial charge in [-0.25, -0.2) is 9.59 Å². The van der Waals surface area contributed by atoms with Gasteiger partial charge in [0, 0.05) is 27.6 Å². The fraction of sp³-hybridized carbons (Fsp3) is 0.571. The maximum atomic E-state index is 12.2. The van der Waals surface area contributed by atoms with Crippen LogP contribution in [-0.4, -0.2) is 61.1 Å². The molecule has 0 aromatic carbocycles. The number of esters is 1. The molecule has 0 heterocycles. The van der Waals surface area contributed by atoms with Gasteiger partial charge in [0.25, 0.3) is 0 Å². The van der Waals surface area contributed by atoms with E-state index in [9.17, 15) is 19.2 Å². The summed E-state index contributed by atoms with van der Waals surface area (Å²) in [5.74, 6) is -2.45. The molecular weight excluding hydrogens is 276 g/mol. The fourth-order valence-electron chi connectivity index (χ4n) is 1.49. The summed E-state index contributed by atoms with van der Waals surface area (Å²) in [4.78, 5) is 49.3. The van der Waals surface area contributed by atoms with Gasteiger partial charge in [-0.1, -0.05) is 13.3 Å². The average Bonchev–Trinajstić information content (AvgIpc) is 2.44. The largest absolute Gasteiger partial charge is 0.466 e. The number of hydrogen-bond donors (Lipinski definition) is 0. The van der Waals surface area contributed by atoms with E-state index in [0.717, 1.165) is 31.4 Å². The molecule has 0 N–H and O–H groups in total. The zero-order valence-corrected chi connectivity index (χ0v) is 13.1. The molecule has 0 fully saturated rings. The van der Waals surface area contributed by atoms with E-state index in [1.165, 1.54) is 19.0 Å². The molecule has 21 heavy (non-hydrogen) atoms. The molecule has 0 aromatic heterocycles. The highest BCUT2D eigenvalue weighted by atomic mass is 16.5. The van der Waals surface area contributed by atoms with E-state index in [1.54, 1.807) is 0 Å². The Morgan fingerprint density at radius 1 is 1.14 bits per heavy atom. The van der Waals surface area contributed by atoms with Crippen LogP contribution in [0.4, 0.5) is 4.79 Å². The summed E-state index contributed by atoms with van der Waals surface area (Å²) in [5, 5.41) is 0. The SMILES string of the molecule is CCCCN(C(=O)N(C)C)/C(=C\C(=O)OC)C(=O)C(C)=O. The quantitative estimate of drug-likeness (QED) is 0.397. The number of allylic oxidation sites excluding steroid dienone is 1. The molecule has 0 aliphatic rings. The summed E-state index contributed by atoms with van der Waals surface area (Å²) < 4.78 is 4.48. The molecule has 118 valence electrons. The maximum absolute atomic E-state index is 12.2. The van der Waals surface area contributed by atoms with Gasteiger partial charge in [0.1, 0.15) is 5.70 Å². The van der Waals surface area contributed by atoms with Crippen molar-refractivity contribution in [2.75, 3.05) is 27.7 Å². The molecule has 0 aliphatic heterocycles. The molecule has 7 heteroatoms. The predicted molar refractivity (Wildman–Crippen MR) is 76.5 cm³/mol. The average molecular weight is 298 g/mol. The van der Waals surface area contributed by atoms with E-state index >= 15 is 0 Å². The molecular formula is C14H22N2O5. The van der Waals surface area contributed by atoms with Gasteiger partial charge in [-0.2, -0.15) is 0 Å². The molecule has 0 saturated carbocycles. The Bertz CT molecular complexity index is 454. The van der Waals surface area contributed by atoms with Crippen LogP contribution in [0, 0.1) is 0 Å². The normalized spacial score (nSPS) is 10.8. The number of Topliss-reactive ketones (excluding diaryl/α,β-unsaturated/α-hetero) is 2. The lowest BCUT2D eigenvalue weighted by molar-refractivity contribution is -0.136. The van der Waals surface area contributed by atoms with Crippen molar-refractivity contribution in [2.24, 2.45) is 0 Å². The van der Waals surface area contributed by atoms with Gasteiger partial charge in [-0.05, 0) is 6.42 Å². The summed E-state index contributed by atoms with van der Waals surface area (Å²) in [5.41, 5.74) is -0.262. The number of carbonyl (C=O) groups excluding carboxylic acids is 4. The lowest BCUT2D eigenvalue weighted by Crippen LogP contribution is -2.42. The number of carbonyl (C=O) groups is 4. The third-order valence-corrected chi connectivity index (χ3v) is 2.65. The molecule has 0 rings (SSSR count). The van der Waals surface area contributed by atoms with Gasteiger partial charge in [-0.15, -0.1) is 0 Å². The third-order valence-electron chi connectivity index (χ3n) is 2.65. The first kappa shape index (κ1) is 18.8. The zero-order valence-electron chi connectivity index (χ0n) is 13.1. The fourth-order valence-corrected chi connectivity index (χ4v) is 1.49. The minimum Gasteiger partial charge on any atom is -0.466 e. The summed E-state index contributed by atoms with van der Waals surface area (Å²) in [7, 11) is 4.20. The van der Waals surface area contributed by atoms with Crippen molar-refractivity contribution in [1.82, 2.24) is 9.80 Å². The molecule has 0 aliphatic carbocycles. The minimum atomic E-state index is -0.897. The number of ketones is 2. The third kappa shape index (κ3) is 5.76. The summed E-state index contributed by atoms with van der Waals surface area (Å²) >= 11 is 0. The lowest BCUT2D eigenvalue weighted by Gasteiger charge is -2.27. The van der Waals surface area contributed by atoms with Crippen molar-refractivity contribution in [2.45, 2.75) is 26.7 Å². The van der Waals surface area contributed by atoms with E-state index in [4.69, 9.17) is 0 Å². The monoisotopic (exact) mass is 298 g/mol. The summed E-state index contributed by atoms with van der Waals surface area (Å²) in [6, 6.07) is -0.479. The number of methoxy groups -OCH3 is 1. The smallest absolute Gasteiger partial charge is 0.332 e. The van der Waals surface area contributed by atoms with Crippen LogP contribution in [0.5, 0.6) is 0 Å². The van der Waals surface area contributed by atoms with Crippen LogP contribution in [0.15, 0.2) is 11.8 Å². The second kappa shape index (κ2) is 8.89. The highest BCUT2D eigenvalue weighted by Gasteiger charge is 2.27. The molecule has 0 atom stereocenters. The van der Waals surface area contributed by atoms with E-state index < -0.39 is 23.6 Å². The van der Waals surface area contributed by atoms with Crippen LogP contribution in [-0.2, 0) is 19.1 Å². The van der Waals surface area contributed by atoms with Crippen molar-refractivity contribution in [1.29, 1.82) is 0 Å². The first-order valence-electron chi connectivity index (χ1n) is 6.59. The van der Waals surface area contributed by atoms with Gasteiger partial charge in [0.05, 0.1) is 13.2 Å². The van der Waals surface area contributed by atoms with E-state index in [1.807, 2.05) is 6.92 Å². The minimum absolute atomic E-state index is 0.232. The molecule has 2 amide bonds. The Morgan fingerprint density at radius 2 is 1.71 bits per heavy atom. The van der Waals surface area contributed by atoms with Crippen LogP contribution >= 0.6 is 0 Å². The van der Waals surface area contributed by atoms with Gasteiger partial charge < -0.3 is 9.64 Å². The van der Waals surface area contributed by atoms with Crippen molar-refractivity contribution in [3.63, 3.8) is 0 Å². The second-order valence-corrected chi connectivity index (χ2v) is 4.62. The highest BCUT2D eigenvalue weighted by Crippen LogP contribution is 2.12. The standard InChI is InChI=1S/C14H22N2O5/c1-6-7-8-16(14(20)15(3)4)11(9-12(18)21-5)13(19)10(2)17/h9H,6-8H2,1-5H3/b11-9-. The number of rotatable bonds is 7. The molecule has 0 radical (unpaired) electrons. The Morgan fingerprint density at radius 3 is 2.10 bits per heavy atom. The Balaban J connectivity index is 5.71. The number of urea groups is 1. The number of hydrogen-bond acceptors (Lipinski definition) is 5. The maximum Gasteiger partial charge on any atom is 0.332 e. The van der Waals surface area contributed by atoms with Gasteiger partial charge >= 0.3 is 12.0 Å². The Hall–Kier alpha value is -2.18. The molecule has 7 nitrogen and oxygen atoms in total. The topological polar surface area (TPSA) is 84.0 Å². The van der Waals surface area contributed by atoms with E-state index in [-0.39, 0.29) is 12.2 Å². The summed E-state index contributed by atoms with van der Waals surface area (Å²) in [6.07, 6.45) is 2.29. The van der Waals surface area contributed by atoms with Crippen LogP contribution in [0.2, 0.25) is 0 Å². The Labute approximate surface area is 124 Å². The highest BCUT2D eigenvalue weighted by molar-refractivity contribution is 6.43. The molecule has 0 aromatic rings. The number of nitrogens with zero attached hydrogens (tertiary/aromatic N) is 2. The van der Waals surface area contributed by atoms with E-state index in [0.29, 0.717) is 6.42 Å². The van der Waals surface area contributed by atoms with E-state index in [2.05, 4.69) is 4.74 Å². The van der Waals surface area contributed by atoms with Crippen LogP contribution in [0.3, 0.4) is 0 Å². The van der Waals surface area contributed by atoms with Crippen LogP contribution in [0.1, 0.15) is 26.7 Å². The van der Waals surface area contributed by atoms with Crippen molar-refractivity contribution in [3.05, 3.63) is 11.8 Å². The Kier molecular flexibility index (Phi) is 7.96. The first-order chi connectivity index (χ1) is 9.76. The van der Waals surface area contributed by atoms with Crippen LogP contribution < -0.4 is 0 Å². The number of amides is 2. The number of ether oxygens (including phenoxy) is 1. The van der Waals surface area contributed by atoms with Gasteiger partial charge in [0.15, 0.2) is 0 Å². The molecule has 0 saturated heterocycles. The molecule has 0 unspecified atom stereocenters. The number of unbranched alkanes of at least 4 members (excludes halogenated alkanes) is 1. The summed E-state index contributed by atoms with van der Waals surface area (Å²) in [6.45, 7) is 3.25. The second-order valence-electron chi connectivity index (χ2n) is 4.62. The van der Waals surface area contributed by atoms with Crippen molar-refractivity contribution < 1.29 is 23.9 Å². The molecule has 0 bridgehead atoms. The van der Waals surface area contributed by atoms with Gasteiger partial charge in [-0.3, -0.25) is 14.5 Å². The van der Waals surface area contributed by atoms with Crippen molar-refractivity contribution >= 4 is 23.6 Å². The lowest BCUT2D eigenvalue weighted by atomic mass is 10.1. The van der Waals surface area contributed by atoms with Crippen LogP contribution in [0.25, 0.3) is 0 Å². The first-order valence-corrected chi connectivity index (χ1v) is 6.59.